The molecule has 10 aromatic carbocycles. The van der Waals surface area contributed by atoms with Gasteiger partial charge in [-0.2, -0.15) is 0 Å². The van der Waals surface area contributed by atoms with E-state index in [1.165, 1.54) is 77.2 Å². The summed E-state index contributed by atoms with van der Waals surface area (Å²) in [6, 6.07) is 80.1. The van der Waals surface area contributed by atoms with Gasteiger partial charge in [-0.05, 0) is 91.8 Å². The van der Waals surface area contributed by atoms with E-state index < -0.39 is 0 Å². The summed E-state index contributed by atoms with van der Waals surface area (Å²) in [5.41, 5.74) is 14.1. The number of rotatable bonds is 6. The van der Waals surface area contributed by atoms with Crippen molar-refractivity contribution in [3.05, 3.63) is 230 Å². The highest BCUT2D eigenvalue weighted by atomic mass is 15.2. The molecule has 0 amide bonds. The second-order valence-corrected chi connectivity index (χ2v) is 16.1. The molecule has 0 saturated heterocycles. The van der Waals surface area contributed by atoms with Crippen LogP contribution in [-0.2, 0) is 5.41 Å². The van der Waals surface area contributed by atoms with Crippen molar-refractivity contribution in [1.29, 1.82) is 0 Å². The van der Waals surface area contributed by atoms with Crippen LogP contribution in [0, 0.1) is 0 Å². The van der Waals surface area contributed by atoms with Crippen molar-refractivity contribution in [1.82, 2.24) is 0 Å². The Morgan fingerprint density at radius 3 is 1.83 bits per heavy atom. The van der Waals surface area contributed by atoms with Gasteiger partial charge in [0.05, 0.1) is 22.7 Å². The molecule has 0 bridgehead atoms. The van der Waals surface area contributed by atoms with E-state index in [0.717, 1.165) is 22.6 Å². The first kappa shape index (κ1) is 34.8. The third-order valence-electron chi connectivity index (χ3n) is 12.3. The summed E-state index contributed by atoms with van der Waals surface area (Å²) in [5.74, 6) is 0. The minimum absolute atomic E-state index is 0.252. The Kier molecular flexibility index (Phi) is 8.20. The maximum Gasteiger partial charge on any atom is 0.0618 e. The van der Waals surface area contributed by atoms with Crippen molar-refractivity contribution in [2.45, 2.75) is 19.3 Å². The molecule has 0 unspecified atom stereocenters. The number of nitrogens with zero attached hydrogens (tertiary/aromatic N) is 2. The molecule has 280 valence electrons. The smallest absolute Gasteiger partial charge is 0.0618 e. The molecular weight excluding hydrogens is 713 g/mol. The van der Waals surface area contributed by atoms with E-state index in [4.69, 9.17) is 0 Å². The number of hydrogen-bond acceptors (Lipinski definition) is 2. The molecule has 59 heavy (non-hydrogen) atoms. The maximum atomic E-state index is 2.55. The van der Waals surface area contributed by atoms with Crippen LogP contribution in [-0.4, -0.2) is 0 Å². The van der Waals surface area contributed by atoms with Gasteiger partial charge in [0, 0.05) is 33.1 Å². The fraction of sp³-hybridized carbons (Fsp3) is 0.0526. The predicted octanol–water partition coefficient (Wildman–Crippen LogP) is 16.1. The molecule has 0 spiro atoms. The minimum atomic E-state index is -0.252. The lowest BCUT2D eigenvalue weighted by molar-refractivity contribution is 0.634. The molecule has 2 heteroatoms. The lowest BCUT2D eigenvalue weighted by Crippen LogP contribution is -2.31. The quantitative estimate of drug-likeness (QED) is 0.167. The number of para-hydroxylation sites is 1. The largest absolute Gasteiger partial charge is 0.310 e. The van der Waals surface area contributed by atoms with Gasteiger partial charge in [0.15, 0.2) is 0 Å². The molecule has 0 radical (unpaired) electrons. The maximum absolute atomic E-state index is 2.55. The molecule has 0 aliphatic carbocycles. The summed E-state index contributed by atoms with van der Waals surface area (Å²) < 4.78 is 0. The van der Waals surface area contributed by atoms with E-state index in [9.17, 15) is 0 Å². The van der Waals surface area contributed by atoms with Gasteiger partial charge in [-0.1, -0.05) is 190 Å². The fourth-order valence-electron chi connectivity index (χ4n) is 9.63. The van der Waals surface area contributed by atoms with Crippen LogP contribution in [0.1, 0.15) is 25.0 Å². The van der Waals surface area contributed by atoms with Crippen LogP contribution >= 0.6 is 0 Å². The Bertz CT molecular complexity index is 3210. The standard InChI is InChI=1S/C57H42N2/c1-57(2)51-29-12-13-30-53(51)59(54-32-16-28-48(55(54)57)41-18-4-3-5-19-41)56-49-27-11-9-21-42(49)34-36-50(56)44-24-14-25-45(38-44)58(46-35-33-39-17-6-7-22-43(39)37-46)52-31-15-23-40-20-8-10-26-47(40)52/h3-38H,1-2H3. The summed E-state index contributed by atoms with van der Waals surface area (Å²) in [6.45, 7) is 4.77. The van der Waals surface area contributed by atoms with Crippen molar-refractivity contribution in [2.75, 3.05) is 9.80 Å². The van der Waals surface area contributed by atoms with Crippen LogP contribution in [0.5, 0.6) is 0 Å². The normalized spacial score (nSPS) is 13.0. The zero-order valence-electron chi connectivity index (χ0n) is 33.2. The third kappa shape index (κ3) is 5.71. The number of hydrogen-bond donors (Lipinski definition) is 0. The van der Waals surface area contributed by atoms with Crippen LogP contribution in [0.3, 0.4) is 0 Å². The van der Waals surface area contributed by atoms with Crippen LogP contribution in [0.25, 0.3) is 54.6 Å². The molecule has 10 aromatic rings. The topological polar surface area (TPSA) is 6.48 Å². The SMILES string of the molecule is CC1(C)c2ccccc2N(c2c(-c3cccc(N(c4ccc5ccccc5c4)c4cccc5ccccc45)c3)ccc3ccccc23)c2cccc(-c3ccccc3)c21. The molecule has 1 heterocycles. The molecule has 0 fully saturated rings. The molecular formula is C57H42N2. The molecule has 0 aromatic heterocycles. The van der Waals surface area contributed by atoms with Gasteiger partial charge >= 0.3 is 0 Å². The second kappa shape index (κ2) is 13.9. The Hall–Kier alpha value is -7.42. The van der Waals surface area contributed by atoms with Crippen molar-refractivity contribution >= 4 is 66.4 Å². The van der Waals surface area contributed by atoms with Gasteiger partial charge in [-0.15, -0.1) is 0 Å². The minimum Gasteiger partial charge on any atom is -0.310 e. The first-order valence-corrected chi connectivity index (χ1v) is 20.5. The average molecular weight is 755 g/mol. The lowest BCUT2D eigenvalue weighted by Gasteiger charge is -2.44. The highest BCUT2D eigenvalue weighted by Crippen LogP contribution is 2.57. The summed E-state index contributed by atoms with van der Waals surface area (Å²) in [5, 5.41) is 7.27. The summed E-state index contributed by atoms with van der Waals surface area (Å²) in [7, 11) is 0. The summed E-state index contributed by atoms with van der Waals surface area (Å²) >= 11 is 0. The van der Waals surface area contributed by atoms with Crippen LogP contribution in [0.4, 0.5) is 34.1 Å². The summed E-state index contributed by atoms with van der Waals surface area (Å²) in [4.78, 5) is 4.98. The molecule has 1 aliphatic rings. The van der Waals surface area contributed by atoms with Crippen molar-refractivity contribution in [3.63, 3.8) is 0 Å². The first-order chi connectivity index (χ1) is 29.0. The molecule has 2 nitrogen and oxygen atoms in total. The molecule has 0 atom stereocenters. The van der Waals surface area contributed by atoms with Crippen LogP contribution in [0.15, 0.2) is 218 Å². The Morgan fingerprint density at radius 1 is 0.390 bits per heavy atom. The Morgan fingerprint density at radius 2 is 0.983 bits per heavy atom. The fourth-order valence-corrected chi connectivity index (χ4v) is 9.63. The van der Waals surface area contributed by atoms with Crippen LogP contribution < -0.4 is 9.80 Å². The zero-order valence-corrected chi connectivity index (χ0v) is 33.2. The van der Waals surface area contributed by atoms with Gasteiger partial charge in [-0.25, -0.2) is 0 Å². The van der Waals surface area contributed by atoms with Crippen molar-refractivity contribution < 1.29 is 0 Å². The van der Waals surface area contributed by atoms with Crippen molar-refractivity contribution in [3.8, 4) is 22.3 Å². The Balaban J connectivity index is 1.17. The third-order valence-corrected chi connectivity index (χ3v) is 12.3. The summed E-state index contributed by atoms with van der Waals surface area (Å²) in [6.07, 6.45) is 0. The molecule has 11 rings (SSSR count). The first-order valence-electron chi connectivity index (χ1n) is 20.5. The van der Waals surface area contributed by atoms with E-state index >= 15 is 0 Å². The van der Waals surface area contributed by atoms with E-state index in [-0.39, 0.29) is 5.41 Å². The van der Waals surface area contributed by atoms with E-state index in [1.54, 1.807) is 0 Å². The number of benzene rings is 10. The van der Waals surface area contributed by atoms with Gasteiger partial charge in [0.1, 0.15) is 0 Å². The van der Waals surface area contributed by atoms with E-state index in [2.05, 4.69) is 242 Å². The van der Waals surface area contributed by atoms with Gasteiger partial charge in [-0.3, -0.25) is 0 Å². The number of fused-ring (bicyclic) bond motifs is 5. The predicted molar refractivity (Wildman–Crippen MR) is 251 cm³/mol. The van der Waals surface area contributed by atoms with Crippen LogP contribution in [0.2, 0.25) is 0 Å². The van der Waals surface area contributed by atoms with Gasteiger partial charge in [0.2, 0.25) is 0 Å². The lowest BCUT2D eigenvalue weighted by atomic mass is 9.70. The zero-order chi connectivity index (χ0) is 39.5. The van der Waals surface area contributed by atoms with Gasteiger partial charge < -0.3 is 9.80 Å². The van der Waals surface area contributed by atoms with E-state index in [0.29, 0.717) is 0 Å². The van der Waals surface area contributed by atoms with Crippen molar-refractivity contribution in [2.24, 2.45) is 0 Å². The Labute approximate surface area is 345 Å². The molecule has 0 saturated carbocycles. The van der Waals surface area contributed by atoms with E-state index in [1.807, 2.05) is 0 Å². The van der Waals surface area contributed by atoms with Gasteiger partial charge in [0.25, 0.3) is 0 Å². The monoisotopic (exact) mass is 754 g/mol. The highest BCUT2D eigenvalue weighted by molar-refractivity contribution is 6.09. The number of anilines is 6. The average Bonchev–Trinajstić information content (AvgIpc) is 3.29. The molecule has 0 N–H and O–H groups in total. The second-order valence-electron chi connectivity index (χ2n) is 16.1. The highest BCUT2D eigenvalue weighted by Gasteiger charge is 2.39. The molecule has 1 aliphatic heterocycles.